The van der Waals surface area contributed by atoms with Gasteiger partial charge in [-0.05, 0) is 33.4 Å². The molecule has 0 aliphatic carbocycles. The molecular formula is C12H22N4O. The number of nitrogens with one attached hydrogen (secondary N) is 1. The third-order valence-electron chi connectivity index (χ3n) is 3.56. The van der Waals surface area contributed by atoms with Crippen molar-refractivity contribution < 1.29 is 4.52 Å². The van der Waals surface area contributed by atoms with Crippen molar-refractivity contribution in [3.63, 3.8) is 0 Å². The minimum absolute atomic E-state index is 0.634. The van der Waals surface area contributed by atoms with Crippen molar-refractivity contribution in [3.05, 3.63) is 11.7 Å². The predicted octanol–water partition coefficient (Wildman–Crippen LogP) is 0.993. The van der Waals surface area contributed by atoms with Gasteiger partial charge in [0.25, 0.3) is 0 Å². The van der Waals surface area contributed by atoms with Crippen LogP contribution in [0.15, 0.2) is 4.52 Å². The summed E-state index contributed by atoms with van der Waals surface area (Å²) in [5.41, 5.74) is 0. The molecule has 1 aliphatic rings. The zero-order valence-electron chi connectivity index (χ0n) is 10.9. The fraction of sp³-hybridized carbons (Fsp3) is 0.833. The molecule has 2 heterocycles. The van der Waals surface area contributed by atoms with Crippen molar-refractivity contribution in [1.82, 2.24) is 20.4 Å². The van der Waals surface area contributed by atoms with E-state index in [4.69, 9.17) is 4.52 Å². The summed E-state index contributed by atoms with van der Waals surface area (Å²) in [4.78, 5) is 6.61. The van der Waals surface area contributed by atoms with E-state index in [1.54, 1.807) is 0 Å². The van der Waals surface area contributed by atoms with E-state index in [-0.39, 0.29) is 0 Å². The summed E-state index contributed by atoms with van der Waals surface area (Å²) in [5, 5.41) is 7.47. The molecule has 0 aromatic carbocycles. The molecule has 0 bridgehead atoms. The van der Waals surface area contributed by atoms with Crippen LogP contribution in [-0.2, 0) is 6.42 Å². The van der Waals surface area contributed by atoms with E-state index in [0.29, 0.717) is 18.0 Å². The highest BCUT2D eigenvalue weighted by Gasteiger charge is 2.21. The van der Waals surface area contributed by atoms with Crippen molar-refractivity contribution >= 4 is 0 Å². The van der Waals surface area contributed by atoms with Gasteiger partial charge in [0, 0.05) is 32.0 Å². The highest BCUT2D eigenvalue weighted by Crippen LogP contribution is 2.15. The van der Waals surface area contributed by atoms with Crippen molar-refractivity contribution in [2.75, 3.05) is 20.1 Å². The number of piperidine rings is 1. The predicted molar refractivity (Wildman–Crippen MR) is 65.9 cm³/mol. The lowest BCUT2D eigenvalue weighted by atomic mass is 9.99. The standard InChI is InChI=1S/C12H22N4O/c1-9-8-11(5-7-16(9)3)13-6-4-12-14-10(2)17-15-12/h9,11,13H,4-8H2,1-3H3. The molecule has 1 aromatic rings. The van der Waals surface area contributed by atoms with E-state index in [9.17, 15) is 0 Å². The minimum Gasteiger partial charge on any atom is -0.340 e. The maximum absolute atomic E-state index is 4.94. The van der Waals surface area contributed by atoms with Crippen molar-refractivity contribution in [1.29, 1.82) is 0 Å². The molecule has 1 saturated heterocycles. The molecular weight excluding hydrogens is 216 g/mol. The third-order valence-corrected chi connectivity index (χ3v) is 3.56. The fourth-order valence-electron chi connectivity index (χ4n) is 2.31. The van der Waals surface area contributed by atoms with E-state index in [1.165, 1.54) is 19.4 Å². The first-order valence-electron chi connectivity index (χ1n) is 6.38. The van der Waals surface area contributed by atoms with Crippen LogP contribution in [0.3, 0.4) is 0 Å². The van der Waals surface area contributed by atoms with Crippen LogP contribution < -0.4 is 5.32 Å². The molecule has 1 N–H and O–H groups in total. The number of hydrogen-bond acceptors (Lipinski definition) is 5. The van der Waals surface area contributed by atoms with Gasteiger partial charge in [-0.25, -0.2) is 0 Å². The van der Waals surface area contributed by atoms with Crippen LogP contribution in [0.2, 0.25) is 0 Å². The summed E-state index contributed by atoms with van der Waals surface area (Å²) in [5.74, 6) is 1.45. The summed E-state index contributed by atoms with van der Waals surface area (Å²) in [6.07, 6.45) is 3.30. The molecule has 5 nitrogen and oxygen atoms in total. The first kappa shape index (κ1) is 12.5. The number of aryl methyl sites for hydroxylation is 1. The number of hydrogen-bond donors (Lipinski definition) is 1. The van der Waals surface area contributed by atoms with Gasteiger partial charge in [0.1, 0.15) is 0 Å². The summed E-state index contributed by atoms with van der Waals surface area (Å²) in [6, 6.07) is 1.31. The Hall–Kier alpha value is -0.940. The molecule has 0 saturated carbocycles. The number of nitrogens with zero attached hydrogens (tertiary/aromatic N) is 3. The van der Waals surface area contributed by atoms with Gasteiger partial charge in [0.05, 0.1) is 0 Å². The van der Waals surface area contributed by atoms with Gasteiger partial charge in [-0.15, -0.1) is 0 Å². The number of rotatable bonds is 4. The minimum atomic E-state index is 0.634. The average Bonchev–Trinajstić information content (AvgIpc) is 2.70. The van der Waals surface area contributed by atoms with E-state index < -0.39 is 0 Å². The first-order valence-corrected chi connectivity index (χ1v) is 6.38. The van der Waals surface area contributed by atoms with E-state index >= 15 is 0 Å². The lowest BCUT2D eigenvalue weighted by Crippen LogP contribution is -2.46. The van der Waals surface area contributed by atoms with E-state index in [0.717, 1.165) is 18.8 Å². The highest BCUT2D eigenvalue weighted by atomic mass is 16.5. The van der Waals surface area contributed by atoms with Crippen LogP contribution >= 0.6 is 0 Å². The average molecular weight is 238 g/mol. The zero-order chi connectivity index (χ0) is 12.3. The molecule has 96 valence electrons. The van der Waals surface area contributed by atoms with Crippen molar-refractivity contribution in [2.24, 2.45) is 0 Å². The summed E-state index contributed by atoms with van der Waals surface area (Å²) < 4.78 is 4.94. The lowest BCUT2D eigenvalue weighted by Gasteiger charge is -2.35. The number of aromatic nitrogens is 2. The van der Waals surface area contributed by atoms with Crippen molar-refractivity contribution in [2.45, 2.75) is 45.2 Å². The maximum atomic E-state index is 4.94. The molecule has 1 aromatic heterocycles. The van der Waals surface area contributed by atoms with Gasteiger partial charge < -0.3 is 14.7 Å². The second kappa shape index (κ2) is 5.60. The van der Waals surface area contributed by atoms with Gasteiger partial charge in [-0.1, -0.05) is 5.16 Å². The Morgan fingerprint density at radius 2 is 2.35 bits per heavy atom. The second-order valence-corrected chi connectivity index (χ2v) is 4.98. The molecule has 2 unspecified atom stereocenters. The molecule has 17 heavy (non-hydrogen) atoms. The van der Waals surface area contributed by atoms with Gasteiger partial charge in [-0.2, -0.15) is 4.98 Å². The molecule has 1 fully saturated rings. The summed E-state index contributed by atoms with van der Waals surface area (Å²) >= 11 is 0. The lowest BCUT2D eigenvalue weighted by molar-refractivity contribution is 0.169. The van der Waals surface area contributed by atoms with Crippen LogP contribution in [0.5, 0.6) is 0 Å². The van der Waals surface area contributed by atoms with Crippen LogP contribution in [0, 0.1) is 6.92 Å². The Kier molecular flexibility index (Phi) is 4.12. The van der Waals surface area contributed by atoms with Crippen LogP contribution in [0.25, 0.3) is 0 Å². The quantitative estimate of drug-likeness (QED) is 0.848. The molecule has 2 atom stereocenters. The van der Waals surface area contributed by atoms with E-state index in [1.807, 2.05) is 6.92 Å². The first-order chi connectivity index (χ1) is 8.15. The SMILES string of the molecule is Cc1nc(CCNC2CCN(C)C(C)C2)no1. The van der Waals surface area contributed by atoms with Crippen molar-refractivity contribution in [3.8, 4) is 0 Å². The summed E-state index contributed by atoms with van der Waals surface area (Å²) in [7, 11) is 2.20. The van der Waals surface area contributed by atoms with Crippen LogP contribution in [0.1, 0.15) is 31.5 Å². The highest BCUT2D eigenvalue weighted by molar-refractivity contribution is 4.86. The summed E-state index contributed by atoms with van der Waals surface area (Å²) in [6.45, 7) is 6.22. The fourth-order valence-corrected chi connectivity index (χ4v) is 2.31. The molecule has 5 heteroatoms. The Labute approximate surface area is 103 Å². The normalized spacial score (nSPS) is 26.3. The topological polar surface area (TPSA) is 54.2 Å². The second-order valence-electron chi connectivity index (χ2n) is 4.98. The Morgan fingerprint density at radius 3 is 3.00 bits per heavy atom. The van der Waals surface area contributed by atoms with E-state index in [2.05, 4.69) is 34.3 Å². The van der Waals surface area contributed by atoms with Crippen LogP contribution in [-0.4, -0.2) is 47.3 Å². The molecule has 2 rings (SSSR count). The Balaban J connectivity index is 1.69. The van der Waals surface area contributed by atoms with Gasteiger partial charge >= 0.3 is 0 Å². The molecule has 0 spiro atoms. The third kappa shape index (κ3) is 3.51. The number of likely N-dealkylation sites (tertiary alicyclic amines) is 1. The van der Waals surface area contributed by atoms with Gasteiger partial charge in [0.2, 0.25) is 5.89 Å². The molecule has 0 amide bonds. The molecule has 0 radical (unpaired) electrons. The smallest absolute Gasteiger partial charge is 0.223 e. The zero-order valence-corrected chi connectivity index (χ0v) is 10.9. The Morgan fingerprint density at radius 1 is 1.53 bits per heavy atom. The molecule has 1 aliphatic heterocycles. The van der Waals surface area contributed by atoms with Gasteiger partial charge in [0.15, 0.2) is 5.82 Å². The van der Waals surface area contributed by atoms with Crippen LogP contribution in [0.4, 0.5) is 0 Å². The van der Waals surface area contributed by atoms with Gasteiger partial charge in [-0.3, -0.25) is 0 Å². The Bertz CT molecular complexity index is 352. The maximum Gasteiger partial charge on any atom is 0.223 e. The monoisotopic (exact) mass is 238 g/mol. The largest absolute Gasteiger partial charge is 0.340 e.